The molecule has 1 amide bonds. The molecule has 1 atom stereocenters. The highest BCUT2D eigenvalue weighted by Gasteiger charge is 2.20. The van der Waals surface area contributed by atoms with Crippen molar-refractivity contribution in [2.75, 3.05) is 18.1 Å². The Hall–Kier alpha value is -1.11. The molecule has 1 aromatic carbocycles. The summed E-state index contributed by atoms with van der Waals surface area (Å²) in [6.45, 7) is 4.27. The van der Waals surface area contributed by atoms with Crippen LogP contribution in [0.3, 0.4) is 0 Å². The van der Waals surface area contributed by atoms with Gasteiger partial charge in [0.25, 0.3) is 5.91 Å². The molecule has 6 heteroatoms. The highest BCUT2D eigenvalue weighted by Crippen LogP contribution is 2.45. The van der Waals surface area contributed by atoms with Crippen LogP contribution in [0, 0.1) is 5.92 Å². The second kappa shape index (κ2) is 9.01. The lowest BCUT2D eigenvalue weighted by atomic mass is 10.0. The fourth-order valence-electron chi connectivity index (χ4n) is 2.67. The van der Waals surface area contributed by atoms with E-state index < -0.39 is 0 Å². The Bertz CT molecular complexity index is 664. The number of hydrogen-bond donors (Lipinski definition) is 1. The number of hydrogen-bond acceptors (Lipinski definition) is 5. The number of carbonyl (C=O) groups excluding carboxylic acids is 1. The molecular weight excluding hydrogens is 370 g/mol. The van der Waals surface area contributed by atoms with E-state index in [0.29, 0.717) is 10.5 Å². The average Bonchev–Trinajstić information content (AvgIpc) is 3.31. The Labute approximate surface area is 161 Å². The van der Waals surface area contributed by atoms with Gasteiger partial charge in [0.2, 0.25) is 0 Å². The quantitative estimate of drug-likeness (QED) is 0.709. The van der Waals surface area contributed by atoms with Gasteiger partial charge in [-0.2, -0.15) is 0 Å². The molecular formula is C19H23NO2S3. The maximum atomic E-state index is 12.3. The van der Waals surface area contributed by atoms with E-state index in [-0.39, 0.29) is 18.6 Å². The third-order valence-corrected chi connectivity index (χ3v) is 8.04. The van der Waals surface area contributed by atoms with Gasteiger partial charge in [-0.05, 0) is 35.1 Å². The topological polar surface area (TPSA) is 38.3 Å². The van der Waals surface area contributed by atoms with Gasteiger partial charge in [0.05, 0.1) is 10.6 Å². The normalized spacial score (nSPS) is 16.1. The van der Waals surface area contributed by atoms with E-state index in [0.717, 1.165) is 5.75 Å². The molecule has 0 radical (unpaired) electrons. The van der Waals surface area contributed by atoms with E-state index in [9.17, 15) is 4.79 Å². The van der Waals surface area contributed by atoms with E-state index in [1.54, 1.807) is 11.3 Å². The van der Waals surface area contributed by atoms with Crippen LogP contribution in [-0.2, 0) is 4.79 Å². The summed E-state index contributed by atoms with van der Waals surface area (Å²) in [6, 6.07) is 12.2. The van der Waals surface area contributed by atoms with Crippen molar-refractivity contribution >= 4 is 40.8 Å². The highest BCUT2D eigenvalue weighted by atomic mass is 32.2. The Morgan fingerprint density at radius 2 is 1.92 bits per heavy atom. The summed E-state index contributed by atoms with van der Waals surface area (Å²) < 4.78 is 6.20. The fraction of sp³-hybridized carbons (Fsp3) is 0.421. The van der Waals surface area contributed by atoms with Crippen LogP contribution < -0.4 is 10.1 Å². The third-order valence-electron chi connectivity index (χ3n) is 3.98. The minimum absolute atomic E-state index is 0.0369. The molecule has 3 nitrogen and oxygen atoms in total. The molecule has 1 N–H and O–H groups in total. The lowest BCUT2D eigenvalue weighted by molar-refractivity contribution is -0.124. The SMILES string of the molecule is CC(C)[C@@H](NC(=O)COc1ccc(C2SCCS2)cc1)c1cccs1. The van der Waals surface area contributed by atoms with Crippen LogP contribution in [0.25, 0.3) is 0 Å². The summed E-state index contributed by atoms with van der Waals surface area (Å²) >= 11 is 5.64. The molecule has 0 bridgehead atoms. The molecule has 2 aromatic rings. The summed E-state index contributed by atoms with van der Waals surface area (Å²) in [5.74, 6) is 3.43. The van der Waals surface area contributed by atoms with Gasteiger partial charge in [0.15, 0.2) is 6.61 Å². The Balaban J connectivity index is 1.51. The molecule has 1 aromatic heterocycles. The first-order valence-electron chi connectivity index (χ1n) is 8.42. The van der Waals surface area contributed by atoms with Crippen LogP contribution in [0.2, 0.25) is 0 Å². The second-order valence-electron chi connectivity index (χ2n) is 6.24. The number of rotatable bonds is 7. The van der Waals surface area contributed by atoms with Crippen molar-refractivity contribution in [2.24, 2.45) is 5.92 Å². The molecule has 0 unspecified atom stereocenters. The number of thioether (sulfide) groups is 2. The van der Waals surface area contributed by atoms with Crippen LogP contribution in [0.5, 0.6) is 5.75 Å². The van der Waals surface area contributed by atoms with Crippen LogP contribution in [-0.4, -0.2) is 24.0 Å². The van der Waals surface area contributed by atoms with Crippen LogP contribution >= 0.6 is 34.9 Å². The highest BCUT2D eigenvalue weighted by molar-refractivity contribution is 8.19. The minimum Gasteiger partial charge on any atom is -0.484 e. The molecule has 0 saturated carbocycles. The van der Waals surface area contributed by atoms with E-state index in [2.05, 4.69) is 37.4 Å². The molecule has 2 heterocycles. The van der Waals surface area contributed by atoms with Gasteiger partial charge in [-0.25, -0.2) is 0 Å². The van der Waals surface area contributed by atoms with Gasteiger partial charge >= 0.3 is 0 Å². The van der Waals surface area contributed by atoms with E-state index in [1.807, 2.05) is 47.1 Å². The standard InChI is InChI=1S/C19H23NO2S3/c1-13(2)18(16-4-3-9-23-16)20-17(21)12-22-15-7-5-14(6-8-15)19-24-10-11-25-19/h3-9,13,18-19H,10-12H2,1-2H3,(H,20,21)/t18-/m1/s1. The zero-order valence-electron chi connectivity index (χ0n) is 14.4. The van der Waals surface area contributed by atoms with Crippen LogP contribution in [0.4, 0.5) is 0 Å². The van der Waals surface area contributed by atoms with Crippen molar-refractivity contribution in [3.8, 4) is 5.75 Å². The smallest absolute Gasteiger partial charge is 0.258 e. The van der Waals surface area contributed by atoms with Gasteiger partial charge in [0, 0.05) is 16.4 Å². The Morgan fingerprint density at radius 3 is 2.52 bits per heavy atom. The predicted octanol–water partition coefficient (Wildman–Crippen LogP) is 5.12. The number of nitrogens with one attached hydrogen (secondary N) is 1. The molecule has 25 heavy (non-hydrogen) atoms. The van der Waals surface area contributed by atoms with Gasteiger partial charge in [-0.15, -0.1) is 34.9 Å². The van der Waals surface area contributed by atoms with Crippen LogP contribution in [0.15, 0.2) is 41.8 Å². The van der Waals surface area contributed by atoms with Crippen molar-refractivity contribution in [3.05, 3.63) is 52.2 Å². The number of amides is 1. The largest absolute Gasteiger partial charge is 0.484 e. The number of thiophene rings is 1. The molecule has 3 rings (SSSR count). The van der Waals surface area contributed by atoms with Crippen molar-refractivity contribution in [2.45, 2.75) is 24.5 Å². The zero-order valence-corrected chi connectivity index (χ0v) is 16.9. The Kier molecular flexibility index (Phi) is 6.73. The van der Waals surface area contributed by atoms with E-state index >= 15 is 0 Å². The summed E-state index contributed by atoms with van der Waals surface area (Å²) in [5, 5.41) is 5.12. The lowest BCUT2D eigenvalue weighted by Crippen LogP contribution is -2.34. The molecule has 0 spiro atoms. The first-order valence-corrected chi connectivity index (χ1v) is 11.4. The molecule has 0 aliphatic carbocycles. The second-order valence-corrected chi connectivity index (χ2v) is 9.94. The lowest BCUT2D eigenvalue weighted by Gasteiger charge is -2.21. The first kappa shape index (κ1) is 18.7. The van der Waals surface area contributed by atoms with Gasteiger partial charge in [0.1, 0.15) is 5.75 Å². The van der Waals surface area contributed by atoms with Crippen LogP contribution in [0.1, 0.15) is 34.9 Å². The third kappa shape index (κ3) is 5.19. The molecule has 1 saturated heterocycles. The first-order chi connectivity index (χ1) is 12.1. The Morgan fingerprint density at radius 1 is 1.20 bits per heavy atom. The van der Waals surface area contributed by atoms with Crippen molar-refractivity contribution < 1.29 is 9.53 Å². The summed E-state index contributed by atoms with van der Waals surface area (Å²) in [5.41, 5.74) is 1.32. The van der Waals surface area contributed by atoms with Crippen molar-refractivity contribution in [1.29, 1.82) is 0 Å². The molecule has 1 aliphatic rings. The van der Waals surface area contributed by atoms with E-state index in [4.69, 9.17) is 4.74 Å². The maximum Gasteiger partial charge on any atom is 0.258 e. The minimum atomic E-state index is -0.0851. The summed E-state index contributed by atoms with van der Waals surface area (Å²) in [6.07, 6.45) is 0. The van der Waals surface area contributed by atoms with Crippen molar-refractivity contribution in [3.63, 3.8) is 0 Å². The fourth-order valence-corrected chi connectivity index (χ4v) is 6.48. The van der Waals surface area contributed by atoms with Gasteiger partial charge in [-0.1, -0.05) is 32.0 Å². The number of ether oxygens (including phenoxy) is 1. The molecule has 1 aliphatic heterocycles. The zero-order chi connectivity index (χ0) is 17.6. The molecule has 134 valence electrons. The van der Waals surface area contributed by atoms with Crippen molar-refractivity contribution in [1.82, 2.24) is 5.32 Å². The van der Waals surface area contributed by atoms with Gasteiger partial charge < -0.3 is 10.1 Å². The summed E-state index contributed by atoms with van der Waals surface area (Å²) in [4.78, 5) is 13.4. The average molecular weight is 394 g/mol. The summed E-state index contributed by atoms with van der Waals surface area (Å²) in [7, 11) is 0. The monoisotopic (exact) mass is 393 g/mol. The number of carbonyl (C=O) groups is 1. The molecule has 1 fully saturated rings. The van der Waals surface area contributed by atoms with E-state index in [1.165, 1.54) is 21.9 Å². The maximum absolute atomic E-state index is 12.3. The number of benzene rings is 1. The predicted molar refractivity (Wildman–Crippen MR) is 110 cm³/mol. The van der Waals surface area contributed by atoms with Gasteiger partial charge in [-0.3, -0.25) is 4.79 Å².